The summed E-state index contributed by atoms with van der Waals surface area (Å²) < 4.78 is 0. The molecule has 0 bridgehead atoms. The van der Waals surface area contributed by atoms with Gasteiger partial charge in [-0.3, -0.25) is 9.79 Å². The zero-order valence-electron chi connectivity index (χ0n) is 4.69. The van der Waals surface area contributed by atoms with Crippen LogP contribution < -0.4 is 0 Å². The van der Waals surface area contributed by atoms with Crippen molar-refractivity contribution >= 4 is 18.5 Å². The molecule has 0 radical (unpaired) electrons. The van der Waals surface area contributed by atoms with Crippen molar-refractivity contribution in [3.05, 3.63) is 0 Å². The van der Waals surface area contributed by atoms with Crippen LogP contribution in [0.25, 0.3) is 0 Å². The molecule has 0 amide bonds. The minimum Gasteiger partial charge on any atom is -0.481 e. The van der Waals surface area contributed by atoms with Gasteiger partial charge in [-0.05, 0) is 0 Å². The monoisotopic (exact) mass is 126 g/mol. The van der Waals surface area contributed by atoms with Gasteiger partial charge in [-0.25, -0.2) is 4.99 Å². The van der Waals surface area contributed by atoms with E-state index < -0.39 is 5.97 Å². The maximum atomic E-state index is 10.0. The zero-order chi connectivity index (χ0) is 6.69. The summed E-state index contributed by atoms with van der Waals surface area (Å²) in [5.41, 5.74) is 0. The third-order valence-corrected chi connectivity index (χ3v) is 0.967. The lowest BCUT2D eigenvalue weighted by molar-refractivity contribution is -0.137. The van der Waals surface area contributed by atoms with E-state index in [9.17, 15) is 4.79 Å². The molecule has 1 unspecified atom stereocenters. The summed E-state index contributed by atoms with van der Waals surface area (Å²) >= 11 is 0. The number of carboxylic acid groups (broad SMARTS) is 1. The standard InChI is InChI=1S/C5H6N2O2/c8-5(9)1-4-2-6-3-7-4/h2-4H,1H2,(H,8,9). The summed E-state index contributed by atoms with van der Waals surface area (Å²) in [6.45, 7) is 0. The molecule has 0 saturated heterocycles. The largest absolute Gasteiger partial charge is 0.481 e. The SMILES string of the molecule is O=C(O)CC1C=NC=N1. The summed E-state index contributed by atoms with van der Waals surface area (Å²) in [7, 11) is 0. The summed E-state index contributed by atoms with van der Waals surface area (Å²) in [5, 5.41) is 8.24. The Hall–Kier alpha value is -1.19. The van der Waals surface area contributed by atoms with Gasteiger partial charge in [0.2, 0.25) is 0 Å². The van der Waals surface area contributed by atoms with E-state index in [2.05, 4.69) is 9.98 Å². The fourth-order valence-corrected chi connectivity index (χ4v) is 0.585. The van der Waals surface area contributed by atoms with Crippen LogP contribution in [0.4, 0.5) is 0 Å². The second-order valence-corrected chi connectivity index (χ2v) is 1.73. The van der Waals surface area contributed by atoms with Crippen molar-refractivity contribution in [3.8, 4) is 0 Å². The van der Waals surface area contributed by atoms with Crippen molar-refractivity contribution in [2.75, 3.05) is 0 Å². The Balaban J connectivity index is 2.37. The molecule has 0 aromatic heterocycles. The number of hydrogen-bond donors (Lipinski definition) is 1. The van der Waals surface area contributed by atoms with Gasteiger partial charge in [0.25, 0.3) is 0 Å². The van der Waals surface area contributed by atoms with E-state index >= 15 is 0 Å². The molecule has 0 saturated carbocycles. The molecule has 1 atom stereocenters. The first kappa shape index (κ1) is 5.94. The van der Waals surface area contributed by atoms with Gasteiger partial charge in [0.1, 0.15) is 6.34 Å². The molecule has 4 nitrogen and oxygen atoms in total. The lowest BCUT2D eigenvalue weighted by Crippen LogP contribution is -2.09. The van der Waals surface area contributed by atoms with Crippen molar-refractivity contribution < 1.29 is 9.90 Å². The number of aliphatic imine (C=N–C) groups is 2. The molecule has 48 valence electrons. The average Bonchev–Trinajstić information content (AvgIpc) is 2.15. The first-order valence-electron chi connectivity index (χ1n) is 2.56. The fourth-order valence-electron chi connectivity index (χ4n) is 0.585. The highest BCUT2D eigenvalue weighted by molar-refractivity contribution is 5.85. The topological polar surface area (TPSA) is 62.0 Å². The summed E-state index contributed by atoms with van der Waals surface area (Å²) in [6, 6.07) is -0.234. The summed E-state index contributed by atoms with van der Waals surface area (Å²) in [6.07, 6.45) is 2.93. The van der Waals surface area contributed by atoms with Crippen molar-refractivity contribution in [1.29, 1.82) is 0 Å². The van der Waals surface area contributed by atoms with E-state index in [1.165, 1.54) is 12.6 Å². The van der Waals surface area contributed by atoms with Gasteiger partial charge < -0.3 is 5.11 Å². The molecule has 1 heterocycles. The fraction of sp³-hybridized carbons (Fsp3) is 0.400. The van der Waals surface area contributed by atoms with Gasteiger partial charge >= 0.3 is 5.97 Å². The maximum Gasteiger partial charge on any atom is 0.305 e. The number of nitrogens with zero attached hydrogens (tertiary/aromatic N) is 2. The predicted octanol–water partition coefficient (Wildman–Crippen LogP) is -0.0576. The lowest BCUT2D eigenvalue weighted by Gasteiger charge is -1.94. The van der Waals surface area contributed by atoms with Crippen LogP contribution in [0.2, 0.25) is 0 Å². The first-order valence-corrected chi connectivity index (χ1v) is 2.56. The molecular weight excluding hydrogens is 120 g/mol. The third kappa shape index (κ3) is 1.64. The van der Waals surface area contributed by atoms with E-state index in [0.29, 0.717) is 0 Å². The second-order valence-electron chi connectivity index (χ2n) is 1.73. The van der Waals surface area contributed by atoms with Crippen LogP contribution in [-0.2, 0) is 4.79 Å². The molecule has 4 heteroatoms. The number of carboxylic acids is 1. The van der Waals surface area contributed by atoms with Gasteiger partial charge in [-0.15, -0.1) is 0 Å². The Bertz CT molecular complexity index is 162. The Kier molecular flexibility index (Phi) is 1.58. The molecular formula is C5H6N2O2. The van der Waals surface area contributed by atoms with Crippen molar-refractivity contribution in [1.82, 2.24) is 0 Å². The third-order valence-electron chi connectivity index (χ3n) is 0.967. The average molecular weight is 126 g/mol. The van der Waals surface area contributed by atoms with Crippen LogP contribution in [0.5, 0.6) is 0 Å². The van der Waals surface area contributed by atoms with Crippen LogP contribution in [0.1, 0.15) is 6.42 Å². The van der Waals surface area contributed by atoms with Crippen molar-refractivity contribution in [3.63, 3.8) is 0 Å². The summed E-state index contributed by atoms with van der Waals surface area (Å²) in [5.74, 6) is -0.842. The van der Waals surface area contributed by atoms with Gasteiger partial charge in [-0.2, -0.15) is 0 Å². The highest BCUT2D eigenvalue weighted by Crippen LogP contribution is 1.97. The molecule has 0 aliphatic carbocycles. The zero-order valence-corrected chi connectivity index (χ0v) is 4.69. The van der Waals surface area contributed by atoms with E-state index in [1.807, 2.05) is 0 Å². The summed E-state index contributed by atoms with van der Waals surface area (Å²) in [4.78, 5) is 17.4. The molecule has 0 aromatic carbocycles. The van der Waals surface area contributed by atoms with Gasteiger partial charge in [0, 0.05) is 6.21 Å². The smallest absolute Gasteiger partial charge is 0.305 e. The maximum absolute atomic E-state index is 10.0. The number of hydrogen-bond acceptors (Lipinski definition) is 3. The van der Waals surface area contributed by atoms with E-state index in [0.717, 1.165) is 0 Å². The minimum atomic E-state index is -0.842. The highest BCUT2D eigenvalue weighted by Gasteiger charge is 2.09. The molecule has 1 aliphatic heterocycles. The van der Waals surface area contributed by atoms with E-state index in [-0.39, 0.29) is 12.5 Å². The number of aliphatic carboxylic acids is 1. The molecule has 0 spiro atoms. The molecule has 1 N–H and O–H groups in total. The molecule has 1 rings (SSSR count). The van der Waals surface area contributed by atoms with E-state index in [4.69, 9.17) is 5.11 Å². The molecule has 1 aliphatic rings. The van der Waals surface area contributed by atoms with Crippen LogP contribution in [0.15, 0.2) is 9.98 Å². The van der Waals surface area contributed by atoms with Crippen molar-refractivity contribution in [2.45, 2.75) is 12.5 Å². The van der Waals surface area contributed by atoms with Crippen LogP contribution in [0.3, 0.4) is 0 Å². The van der Waals surface area contributed by atoms with Gasteiger partial charge in [0.15, 0.2) is 0 Å². The Morgan fingerprint density at radius 1 is 1.78 bits per heavy atom. The first-order chi connectivity index (χ1) is 4.29. The second kappa shape index (κ2) is 2.39. The van der Waals surface area contributed by atoms with Crippen LogP contribution >= 0.6 is 0 Å². The highest BCUT2D eigenvalue weighted by atomic mass is 16.4. The van der Waals surface area contributed by atoms with Crippen LogP contribution in [0, 0.1) is 0 Å². The Labute approximate surface area is 51.9 Å². The number of carbonyl (C=O) groups is 1. The van der Waals surface area contributed by atoms with Gasteiger partial charge in [0.05, 0.1) is 12.5 Å². The van der Waals surface area contributed by atoms with E-state index in [1.54, 1.807) is 0 Å². The number of rotatable bonds is 2. The van der Waals surface area contributed by atoms with Gasteiger partial charge in [-0.1, -0.05) is 0 Å². The predicted molar refractivity (Wildman–Crippen MR) is 33.0 cm³/mol. The quantitative estimate of drug-likeness (QED) is 0.563. The Morgan fingerprint density at radius 3 is 3.00 bits per heavy atom. The van der Waals surface area contributed by atoms with Crippen LogP contribution in [-0.4, -0.2) is 29.7 Å². The molecule has 9 heavy (non-hydrogen) atoms. The lowest BCUT2D eigenvalue weighted by atomic mass is 10.2. The Morgan fingerprint density at radius 2 is 2.56 bits per heavy atom. The molecule has 0 aromatic rings. The molecule has 0 fully saturated rings. The minimum absolute atomic E-state index is 0.0417. The normalized spacial score (nSPS) is 22.9. The van der Waals surface area contributed by atoms with Crippen molar-refractivity contribution in [2.24, 2.45) is 9.98 Å².